The van der Waals surface area contributed by atoms with Gasteiger partial charge in [-0.05, 0) is 25.1 Å². The second-order valence-electron chi connectivity index (χ2n) is 5.05. The van der Waals surface area contributed by atoms with Crippen molar-refractivity contribution in [2.24, 2.45) is 16.6 Å². The maximum atomic E-state index is 14.2. The first-order valence-electron chi connectivity index (χ1n) is 6.18. The molecule has 4 N–H and O–H groups in total. The monoisotopic (exact) mass is 281 g/mol. The molecule has 1 aromatic rings. The highest BCUT2D eigenvalue weighted by molar-refractivity contribution is 8.13. The van der Waals surface area contributed by atoms with E-state index in [-0.39, 0.29) is 17.8 Å². The Kier molecular flexibility index (Phi) is 2.94. The van der Waals surface area contributed by atoms with Crippen LogP contribution in [0.4, 0.5) is 10.1 Å². The Morgan fingerprint density at radius 1 is 1.47 bits per heavy atom. The third kappa shape index (κ3) is 1.90. The molecule has 0 radical (unpaired) electrons. The minimum atomic E-state index is -0.728. The van der Waals surface area contributed by atoms with Crippen LogP contribution in [0.3, 0.4) is 0 Å². The average Bonchev–Trinajstić information content (AvgIpc) is 2.70. The molecule has 1 aromatic carbocycles. The zero-order chi connectivity index (χ0) is 13.6. The van der Waals surface area contributed by atoms with Crippen LogP contribution in [0, 0.1) is 11.7 Å². The summed E-state index contributed by atoms with van der Waals surface area (Å²) in [5.41, 5.74) is 11.9. The van der Waals surface area contributed by atoms with Crippen molar-refractivity contribution in [2.45, 2.75) is 18.6 Å². The van der Waals surface area contributed by atoms with E-state index in [1.807, 2.05) is 6.92 Å². The molecule has 3 atom stereocenters. The number of anilines is 1. The molecule has 19 heavy (non-hydrogen) atoms. The molecule has 0 spiro atoms. The minimum Gasteiger partial charge on any atom is -0.399 e. The number of amidine groups is 1. The molecule has 4 nitrogen and oxygen atoms in total. The number of hydrogen-bond donors (Lipinski definition) is 2. The van der Waals surface area contributed by atoms with Crippen molar-refractivity contribution in [2.75, 3.05) is 18.1 Å². The molecule has 0 aromatic heterocycles. The molecule has 0 saturated carbocycles. The third-order valence-corrected chi connectivity index (χ3v) is 4.84. The van der Waals surface area contributed by atoms with Gasteiger partial charge in [0.1, 0.15) is 11.4 Å². The van der Waals surface area contributed by atoms with Crippen LogP contribution >= 0.6 is 11.8 Å². The fourth-order valence-electron chi connectivity index (χ4n) is 2.87. The van der Waals surface area contributed by atoms with Gasteiger partial charge < -0.3 is 16.2 Å². The summed E-state index contributed by atoms with van der Waals surface area (Å²) in [6.07, 6.45) is 0.0326. The Hall–Kier alpha value is -1.27. The number of thioether (sulfide) groups is 1. The number of aliphatic imine (C=N–C) groups is 1. The van der Waals surface area contributed by atoms with Gasteiger partial charge in [-0.3, -0.25) is 0 Å². The van der Waals surface area contributed by atoms with Crippen LogP contribution in [-0.2, 0) is 10.3 Å². The van der Waals surface area contributed by atoms with Crippen molar-refractivity contribution in [1.82, 2.24) is 0 Å². The van der Waals surface area contributed by atoms with Crippen LogP contribution in [-0.4, -0.2) is 23.6 Å². The number of nitrogens with two attached hydrogens (primary N) is 2. The molecule has 6 heteroatoms. The van der Waals surface area contributed by atoms with E-state index in [2.05, 4.69) is 4.99 Å². The second-order valence-corrected chi connectivity index (χ2v) is 6.09. The normalized spacial score (nSPS) is 33.9. The van der Waals surface area contributed by atoms with Gasteiger partial charge in [-0.15, -0.1) is 0 Å². The lowest BCUT2D eigenvalue weighted by Gasteiger charge is -2.35. The molecule has 102 valence electrons. The number of nitrogens with zero attached hydrogens (tertiary/aromatic N) is 1. The van der Waals surface area contributed by atoms with E-state index in [0.29, 0.717) is 23.0 Å². The predicted molar refractivity (Wildman–Crippen MR) is 75.5 cm³/mol. The van der Waals surface area contributed by atoms with Crippen LogP contribution in [0.2, 0.25) is 0 Å². The van der Waals surface area contributed by atoms with Gasteiger partial charge in [0, 0.05) is 22.9 Å². The summed E-state index contributed by atoms with van der Waals surface area (Å²) in [6.45, 7) is 2.34. The van der Waals surface area contributed by atoms with Gasteiger partial charge in [0.05, 0.1) is 12.7 Å². The van der Waals surface area contributed by atoms with Crippen LogP contribution < -0.4 is 11.5 Å². The third-order valence-electron chi connectivity index (χ3n) is 3.92. The van der Waals surface area contributed by atoms with Crippen molar-refractivity contribution >= 4 is 22.6 Å². The Balaban J connectivity index is 2.18. The summed E-state index contributed by atoms with van der Waals surface area (Å²) in [5.74, 6) is 0.589. The Labute approximate surface area is 115 Å². The molecule has 2 aliphatic heterocycles. The molecule has 0 aliphatic carbocycles. The quantitative estimate of drug-likeness (QED) is 0.768. The highest BCUT2D eigenvalue weighted by Crippen LogP contribution is 2.48. The van der Waals surface area contributed by atoms with Crippen LogP contribution in [0.5, 0.6) is 0 Å². The van der Waals surface area contributed by atoms with Crippen LogP contribution in [0.15, 0.2) is 23.2 Å². The first-order valence-corrected chi connectivity index (χ1v) is 7.17. The predicted octanol–water partition coefficient (Wildman–Crippen LogP) is 1.70. The number of halogens is 1. The summed E-state index contributed by atoms with van der Waals surface area (Å²) >= 11 is 1.50. The molecule has 0 bridgehead atoms. The molecular weight excluding hydrogens is 265 g/mol. The zero-order valence-corrected chi connectivity index (χ0v) is 11.4. The van der Waals surface area contributed by atoms with Crippen molar-refractivity contribution < 1.29 is 9.13 Å². The smallest absolute Gasteiger partial charge is 0.154 e. The number of hydrogen-bond acceptors (Lipinski definition) is 5. The Morgan fingerprint density at radius 2 is 2.26 bits per heavy atom. The maximum absolute atomic E-state index is 14.2. The summed E-state index contributed by atoms with van der Waals surface area (Å²) < 4.78 is 19.9. The van der Waals surface area contributed by atoms with Crippen LogP contribution in [0.25, 0.3) is 0 Å². The molecule has 1 saturated heterocycles. The summed E-state index contributed by atoms with van der Waals surface area (Å²) in [7, 11) is 0. The highest BCUT2D eigenvalue weighted by Gasteiger charge is 2.52. The first-order chi connectivity index (χ1) is 9.03. The fraction of sp³-hybridized carbons (Fsp3) is 0.462. The summed E-state index contributed by atoms with van der Waals surface area (Å²) in [4.78, 5) is 4.54. The Bertz CT molecular complexity index is 551. The number of benzene rings is 1. The maximum Gasteiger partial charge on any atom is 0.154 e. The van der Waals surface area contributed by atoms with E-state index in [1.165, 1.54) is 17.8 Å². The van der Waals surface area contributed by atoms with Crippen molar-refractivity contribution in [3.63, 3.8) is 0 Å². The second kappa shape index (κ2) is 4.38. The van der Waals surface area contributed by atoms with E-state index in [9.17, 15) is 4.39 Å². The first kappa shape index (κ1) is 12.7. The van der Waals surface area contributed by atoms with Gasteiger partial charge in [-0.25, -0.2) is 9.38 Å². The van der Waals surface area contributed by atoms with E-state index < -0.39 is 5.54 Å². The van der Waals surface area contributed by atoms with Gasteiger partial charge in [0.2, 0.25) is 0 Å². The lowest BCUT2D eigenvalue weighted by atomic mass is 9.79. The van der Waals surface area contributed by atoms with E-state index in [4.69, 9.17) is 16.2 Å². The summed E-state index contributed by atoms with van der Waals surface area (Å²) in [5, 5.41) is 0.482. The minimum absolute atomic E-state index is 0.0326. The van der Waals surface area contributed by atoms with Crippen molar-refractivity contribution in [3.05, 3.63) is 29.6 Å². The molecule has 1 fully saturated rings. The van der Waals surface area contributed by atoms with Gasteiger partial charge >= 0.3 is 0 Å². The molecule has 0 amide bonds. The molecule has 2 aliphatic rings. The van der Waals surface area contributed by atoms with Gasteiger partial charge in [-0.2, -0.15) is 0 Å². The van der Waals surface area contributed by atoms with E-state index in [0.717, 1.165) is 5.75 Å². The van der Waals surface area contributed by atoms with Gasteiger partial charge in [0.15, 0.2) is 5.17 Å². The van der Waals surface area contributed by atoms with Gasteiger partial charge in [-0.1, -0.05) is 11.8 Å². The van der Waals surface area contributed by atoms with Crippen molar-refractivity contribution in [1.29, 1.82) is 0 Å². The molecular formula is C13H16FN3OS. The standard InChI is InChI=1S/C13H16FN3OS/c1-7-10-5-19-12(16)17-13(10,6-18-7)9-4-8(15)2-3-11(9)14/h2-4,7,10H,5-6,15H2,1H3,(H2,16,17)/t7-,10-,13?/m1/s1. The Morgan fingerprint density at radius 3 is 3.05 bits per heavy atom. The largest absolute Gasteiger partial charge is 0.399 e. The van der Waals surface area contributed by atoms with Crippen molar-refractivity contribution in [3.8, 4) is 0 Å². The summed E-state index contributed by atoms with van der Waals surface area (Å²) in [6, 6.07) is 4.58. The molecule has 1 unspecified atom stereocenters. The fourth-order valence-corrected chi connectivity index (χ4v) is 4.00. The van der Waals surface area contributed by atoms with Crippen LogP contribution in [0.1, 0.15) is 12.5 Å². The SMILES string of the molecule is C[C@H]1OCC2(c3cc(N)ccc3F)N=C(N)SC[C@H]12. The number of rotatable bonds is 1. The highest BCUT2D eigenvalue weighted by atomic mass is 32.2. The van der Waals surface area contributed by atoms with Gasteiger partial charge in [0.25, 0.3) is 0 Å². The molecule has 3 rings (SSSR count). The van der Waals surface area contributed by atoms with E-state index >= 15 is 0 Å². The zero-order valence-electron chi connectivity index (χ0n) is 10.6. The topological polar surface area (TPSA) is 73.6 Å². The lowest BCUT2D eigenvalue weighted by molar-refractivity contribution is 0.107. The molecule has 2 heterocycles. The number of fused-ring (bicyclic) bond motifs is 1. The van der Waals surface area contributed by atoms with E-state index in [1.54, 1.807) is 12.1 Å². The lowest BCUT2D eigenvalue weighted by Crippen LogP contribution is -2.41. The number of nitrogen functional groups attached to an aromatic ring is 1. The number of ether oxygens (including phenoxy) is 1. The average molecular weight is 281 g/mol.